The summed E-state index contributed by atoms with van der Waals surface area (Å²) in [4.78, 5) is 30.4. The van der Waals surface area contributed by atoms with Crippen LogP contribution in [0.25, 0.3) is 0 Å². The Hall–Kier alpha value is -2.25. The van der Waals surface area contributed by atoms with Gasteiger partial charge in [0.2, 0.25) is 0 Å². The number of benzene rings is 1. The number of allylic oxidation sites excluding steroid dienone is 3. The maximum absolute atomic E-state index is 13.3. The number of carbonyl (C=O) groups is 2. The number of dihydropyridines is 1. The quantitative estimate of drug-likeness (QED) is 0.587. The molecule has 0 unspecified atom stereocenters. The Bertz CT molecular complexity index is 1040. The molecule has 2 aromatic rings. The fourth-order valence-electron chi connectivity index (χ4n) is 3.91. The highest BCUT2D eigenvalue weighted by atomic mass is 79.9. The van der Waals surface area contributed by atoms with Gasteiger partial charge in [0, 0.05) is 50.0 Å². The van der Waals surface area contributed by atoms with E-state index in [4.69, 9.17) is 0 Å². The van der Waals surface area contributed by atoms with E-state index in [1.165, 1.54) is 0 Å². The van der Waals surface area contributed by atoms with E-state index in [1.54, 1.807) is 12.3 Å². The summed E-state index contributed by atoms with van der Waals surface area (Å²) in [5.41, 5.74) is 3.88. The fraction of sp³-hybridized carbons (Fsp3) is 0.227. The van der Waals surface area contributed by atoms with Crippen LogP contribution in [-0.4, -0.2) is 16.7 Å². The summed E-state index contributed by atoms with van der Waals surface area (Å²) in [6.45, 7) is 1.89. The summed E-state index contributed by atoms with van der Waals surface area (Å²) < 4.78 is 1.78. The number of carbonyl (C=O) groups excluding carboxylic acids is 2. The lowest BCUT2D eigenvalue weighted by molar-refractivity contribution is -0.116. The van der Waals surface area contributed by atoms with E-state index in [0.29, 0.717) is 23.4 Å². The van der Waals surface area contributed by atoms with Gasteiger partial charge in [-0.2, -0.15) is 0 Å². The molecule has 29 heavy (non-hydrogen) atoms. The number of rotatable bonds is 3. The predicted octanol–water partition coefficient (Wildman–Crippen LogP) is 5.21. The number of Topliss-reactive ketones (excluding diaryl/α,β-unsaturated/α-hetero) is 1. The SMILES string of the molecule is CC1=C(C(=O)Nc2ccc(Br)cn2)[C@@H](c2ccc(Br)cc2)C2=C(CCCC2=O)N1. The van der Waals surface area contributed by atoms with E-state index in [1.807, 2.05) is 37.3 Å². The number of hydrogen-bond acceptors (Lipinski definition) is 4. The number of nitrogens with one attached hydrogen (secondary N) is 2. The third kappa shape index (κ3) is 4.07. The van der Waals surface area contributed by atoms with Crippen LogP contribution in [0.15, 0.2) is 74.1 Å². The molecule has 1 aromatic heterocycles. The summed E-state index contributed by atoms with van der Waals surface area (Å²) in [5.74, 6) is -0.0979. The average molecular weight is 517 g/mol. The molecule has 0 fully saturated rings. The molecule has 2 N–H and O–H groups in total. The molecule has 1 atom stereocenters. The zero-order valence-electron chi connectivity index (χ0n) is 15.8. The van der Waals surface area contributed by atoms with Crippen molar-refractivity contribution in [2.45, 2.75) is 32.1 Å². The summed E-state index contributed by atoms with van der Waals surface area (Å²) in [5, 5.41) is 6.20. The van der Waals surface area contributed by atoms with Crippen molar-refractivity contribution in [1.82, 2.24) is 10.3 Å². The van der Waals surface area contributed by atoms with E-state index in [-0.39, 0.29) is 11.7 Å². The Morgan fingerprint density at radius 2 is 1.83 bits per heavy atom. The first-order valence-electron chi connectivity index (χ1n) is 9.36. The molecule has 0 bridgehead atoms. The summed E-state index contributed by atoms with van der Waals surface area (Å²) in [6.07, 6.45) is 3.78. The van der Waals surface area contributed by atoms with Crippen molar-refractivity contribution in [1.29, 1.82) is 0 Å². The van der Waals surface area contributed by atoms with Crippen LogP contribution >= 0.6 is 31.9 Å². The van der Waals surface area contributed by atoms with Gasteiger partial charge in [0.05, 0.1) is 0 Å². The van der Waals surface area contributed by atoms with Crippen LogP contribution in [0.4, 0.5) is 5.82 Å². The van der Waals surface area contributed by atoms with Gasteiger partial charge in [-0.25, -0.2) is 4.98 Å². The van der Waals surface area contributed by atoms with Crippen LogP contribution in [0.5, 0.6) is 0 Å². The minimum atomic E-state index is -0.400. The number of hydrogen-bond donors (Lipinski definition) is 2. The first-order valence-corrected chi connectivity index (χ1v) is 10.9. The second-order valence-electron chi connectivity index (χ2n) is 7.13. The third-order valence-corrected chi connectivity index (χ3v) is 6.19. The molecule has 1 aliphatic heterocycles. The molecule has 1 aliphatic carbocycles. The monoisotopic (exact) mass is 515 g/mol. The lowest BCUT2D eigenvalue weighted by atomic mass is 9.75. The summed E-state index contributed by atoms with van der Waals surface area (Å²) in [7, 11) is 0. The van der Waals surface area contributed by atoms with Gasteiger partial charge in [-0.1, -0.05) is 28.1 Å². The van der Waals surface area contributed by atoms with Crippen molar-refractivity contribution in [3.8, 4) is 0 Å². The van der Waals surface area contributed by atoms with Gasteiger partial charge in [-0.3, -0.25) is 9.59 Å². The predicted molar refractivity (Wildman–Crippen MR) is 119 cm³/mol. The van der Waals surface area contributed by atoms with Crippen LogP contribution in [-0.2, 0) is 9.59 Å². The molecule has 148 valence electrons. The second kappa shape index (κ2) is 8.24. The van der Waals surface area contributed by atoms with Crippen molar-refractivity contribution < 1.29 is 9.59 Å². The van der Waals surface area contributed by atoms with Crippen molar-refractivity contribution in [2.75, 3.05) is 5.32 Å². The minimum absolute atomic E-state index is 0.103. The molecule has 0 radical (unpaired) electrons. The number of nitrogens with zero attached hydrogens (tertiary/aromatic N) is 1. The topological polar surface area (TPSA) is 71.1 Å². The van der Waals surface area contributed by atoms with E-state index in [0.717, 1.165) is 38.7 Å². The lowest BCUT2D eigenvalue weighted by Crippen LogP contribution is -2.35. The molecular formula is C22H19Br2N3O2. The normalized spacial score (nSPS) is 19.0. The summed E-state index contributed by atoms with van der Waals surface area (Å²) >= 11 is 6.81. The summed E-state index contributed by atoms with van der Waals surface area (Å²) in [6, 6.07) is 11.4. The largest absolute Gasteiger partial charge is 0.362 e. The highest BCUT2D eigenvalue weighted by Crippen LogP contribution is 2.42. The molecule has 0 saturated carbocycles. The first-order chi connectivity index (χ1) is 13.9. The standard InChI is InChI=1S/C22H19Br2N3O2/c1-12-19(22(29)27-18-10-9-15(24)11-25-18)20(13-5-7-14(23)8-6-13)21-16(26-12)3-2-4-17(21)28/h5-11,20,26H,2-4H2,1H3,(H,25,27,29)/t20-/m1/s1. The van der Waals surface area contributed by atoms with Crippen LogP contribution in [0.1, 0.15) is 37.7 Å². The molecule has 1 amide bonds. The third-order valence-electron chi connectivity index (χ3n) is 5.19. The van der Waals surface area contributed by atoms with Crippen molar-refractivity contribution >= 4 is 49.4 Å². The van der Waals surface area contributed by atoms with Crippen molar-refractivity contribution in [3.05, 3.63) is 79.6 Å². The van der Waals surface area contributed by atoms with E-state index in [9.17, 15) is 9.59 Å². The lowest BCUT2D eigenvalue weighted by Gasteiger charge is -2.34. The van der Waals surface area contributed by atoms with E-state index in [2.05, 4.69) is 47.5 Å². The van der Waals surface area contributed by atoms with E-state index < -0.39 is 5.92 Å². The molecule has 5 nitrogen and oxygen atoms in total. The van der Waals surface area contributed by atoms with Crippen molar-refractivity contribution in [2.24, 2.45) is 0 Å². The maximum Gasteiger partial charge on any atom is 0.255 e. The fourth-order valence-corrected chi connectivity index (χ4v) is 4.41. The number of anilines is 1. The number of ketones is 1. The highest BCUT2D eigenvalue weighted by molar-refractivity contribution is 9.10. The molecular weight excluding hydrogens is 498 g/mol. The van der Waals surface area contributed by atoms with Crippen LogP contribution in [0.3, 0.4) is 0 Å². The molecule has 0 saturated heterocycles. The van der Waals surface area contributed by atoms with Gasteiger partial charge in [-0.05, 0) is 65.5 Å². The van der Waals surface area contributed by atoms with Gasteiger partial charge in [0.1, 0.15) is 5.82 Å². The zero-order valence-corrected chi connectivity index (χ0v) is 18.9. The molecule has 4 rings (SSSR count). The van der Waals surface area contributed by atoms with E-state index >= 15 is 0 Å². The van der Waals surface area contributed by atoms with Crippen LogP contribution < -0.4 is 10.6 Å². The van der Waals surface area contributed by atoms with Crippen molar-refractivity contribution in [3.63, 3.8) is 0 Å². The average Bonchev–Trinajstić information content (AvgIpc) is 2.69. The maximum atomic E-state index is 13.3. The molecule has 2 heterocycles. The molecule has 0 spiro atoms. The van der Waals surface area contributed by atoms with Gasteiger partial charge >= 0.3 is 0 Å². The Labute approximate surface area is 185 Å². The van der Waals surface area contributed by atoms with Gasteiger partial charge in [-0.15, -0.1) is 0 Å². The van der Waals surface area contributed by atoms with Gasteiger partial charge in [0.25, 0.3) is 5.91 Å². The number of amides is 1. The van der Waals surface area contributed by atoms with Gasteiger partial charge in [0.15, 0.2) is 5.78 Å². The van der Waals surface area contributed by atoms with Crippen LogP contribution in [0.2, 0.25) is 0 Å². The number of pyridine rings is 1. The Balaban J connectivity index is 1.77. The Morgan fingerprint density at radius 3 is 2.52 bits per heavy atom. The molecule has 2 aliphatic rings. The number of halogens is 2. The molecule has 1 aromatic carbocycles. The van der Waals surface area contributed by atoms with Gasteiger partial charge < -0.3 is 10.6 Å². The van der Waals surface area contributed by atoms with Crippen LogP contribution in [0, 0.1) is 0 Å². The second-order valence-corrected chi connectivity index (χ2v) is 8.96. The zero-order chi connectivity index (χ0) is 20.5. The minimum Gasteiger partial charge on any atom is -0.362 e. The highest BCUT2D eigenvalue weighted by Gasteiger charge is 2.38. The number of aromatic nitrogens is 1. The Kier molecular flexibility index (Phi) is 5.69. The Morgan fingerprint density at radius 1 is 1.10 bits per heavy atom. The first kappa shape index (κ1) is 20.0. The molecule has 7 heteroatoms. The smallest absolute Gasteiger partial charge is 0.255 e.